The van der Waals surface area contributed by atoms with Crippen LogP contribution in [0, 0.1) is 5.82 Å². The third-order valence-corrected chi connectivity index (χ3v) is 5.69. The number of primary amides is 1. The van der Waals surface area contributed by atoms with Crippen molar-refractivity contribution in [3.05, 3.63) is 66.0 Å². The Labute approximate surface area is 176 Å². The summed E-state index contributed by atoms with van der Waals surface area (Å²) in [5.74, 6) is -2.21. The highest BCUT2D eigenvalue weighted by molar-refractivity contribution is 7.85. The van der Waals surface area contributed by atoms with E-state index in [2.05, 4.69) is 10.6 Å². The molecule has 3 amide bonds. The number of rotatable bonds is 10. The van der Waals surface area contributed by atoms with Crippen molar-refractivity contribution in [2.24, 2.45) is 5.73 Å². The van der Waals surface area contributed by atoms with E-state index in [9.17, 15) is 23.0 Å². The molecule has 0 heterocycles. The van der Waals surface area contributed by atoms with Crippen molar-refractivity contribution in [1.82, 2.24) is 10.6 Å². The molecule has 0 aliphatic heterocycles. The summed E-state index contributed by atoms with van der Waals surface area (Å²) >= 11 is 0. The van der Waals surface area contributed by atoms with E-state index in [0.717, 1.165) is 0 Å². The second-order valence-corrected chi connectivity index (χ2v) is 8.27. The average molecular weight is 434 g/mol. The first-order chi connectivity index (χ1) is 14.3. The molecule has 0 spiro atoms. The Morgan fingerprint density at radius 2 is 1.73 bits per heavy atom. The van der Waals surface area contributed by atoms with E-state index >= 15 is 0 Å². The van der Waals surface area contributed by atoms with Crippen LogP contribution in [0.3, 0.4) is 0 Å². The SMILES string of the molecule is CC(=O)N[C@H](Cc1cccc(F)c1)C(=O)N[C@H](CC[S@@](=O)c1ccccc1)C(N)=O. The second-order valence-electron chi connectivity index (χ2n) is 6.70. The zero-order valence-electron chi connectivity index (χ0n) is 16.5. The van der Waals surface area contributed by atoms with Crippen LogP contribution >= 0.6 is 0 Å². The van der Waals surface area contributed by atoms with Gasteiger partial charge in [0.1, 0.15) is 17.9 Å². The van der Waals surface area contributed by atoms with Gasteiger partial charge in [0.15, 0.2) is 0 Å². The van der Waals surface area contributed by atoms with Gasteiger partial charge in [-0.2, -0.15) is 0 Å². The number of halogens is 1. The standard InChI is InChI=1S/C21H24FN3O4S/c1-14(26)24-19(13-15-6-5-7-16(22)12-15)21(28)25-18(20(23)27)10-11-30(29)17-8-3-2-4-9-17/h2-9,12,18-19H,10-11,13H2,1H3,(H2,23,27)(H,24,26)(H,25,28)/t18-,19-,30-/m1/s1. The zero-order valence-corrected chi connectivity index (χ0v) is 17.3. The van der Waals surface area contributed by atoms with Crippen LogP contribution in [-0.4, -0.2) is 39.8 Å². The highest BCUT2D eigenvalue weighted by Gasteiger charge is 2.26. The van der Waals surface area contributed by atoms with Gasteiger partial charge >= 0.3 is 0 Å². The van der Waals surface area contributed by atoms with E-state index in [1.54, 1.807) is 36.4 Å². The maximum atomic E-state index is 13.4. The molecule has 30 heavy (non-hydrogen) atoms. The van der Waals surface area contributed by atoms with Crippen molar-refractivity contribution in [3.63, 3.8) is 0 Å². The first kappa shape index (κ1) is 23.2. The van der Waals surface area contributed by atoms with Crippen molar-refractivity contribution in [2.75, 3.05) is 5.75 Å². The Kier molecular flexibility index (Phi) is 8.67. The fraction of sp³-hybridized carbons (Fsp3) is 0.286. The van der Waals surface area contributed by atoms with Gasteiger partial charge in [-0.3, -0.25) is 18.6 Å². The molecule has 9 heteroatoms. The summed E-state index contributed by atoms with van der Waals surface area (Å²) in [4.78, 5) is 36.6. The molecule has 0 saturated heterocycles. The van der Waals surface area contributed by atoms with Crippen LogP contribution in [0.4, 0.5) is 4.39 Å². The number of hydrogen-bond acceptors (Lipinski definition) is 4. The van der Waals surface area contributed by atoms with Crippen LogP contribution in [-0.2, 0) is 31.6 Å². The van der Waals surface area contributed by atoms with Crippen molar-refractivity contribution >= 4 is 28.5 Å². The number of nitrogens with one attached hydrogen (secondary N) is 2. The number of carbonyl (C=O) groups excluding carboxylic acids is 3. The molecule has 0 saturated carbocycles. The van der Waals surface area contributed by atoms with Crippen molar-refractivity contribution in [1.29, 1.82) is 0 Å². The number of nitrogens with two attached hydrogens (primary N) is 1. The van der Waals surface area contributed by atoms with Crippen molar-refractivity contribution < 1.29 is 23.0 Å². The summed E-state index contributed by atoms with van der Waals surface area (Å²) in [5.41, 5.74) is 5.90. The minimum absolute atomic E-state index is 0.0323. The van der Waals surface area contributed by atoms with Crippen molar-refractivity contribution in [2.45, 2.75) is 36.7 Å². The van der Waals surface area contributed by atoms with Gasteiger partial charge in [0.05, 0.1) is 10.8 Å². The van der Waals surface area contributed by atoms with Gasteiger partial charge in [-0.1, -0.05) is 30.3 Å². The van der Waals surface area contributed by atoms with E-state index in [-0.39, 0.29) is 18.6 Å². The van der Waals surface area contributed by atoms with Crippen LogP contribution in [0.1, 0.15) is 18.9 Å². The normalized spacial score (nSPS) is 13.7. The van der Waals surface area contributed by atoms with Crippen LogP contribution < -0.4 is 16.4 Å². The van der Waals surface area contributed by atoms with Gasteiger partial charge < -0.3 is 16.4 Å². The molecular formula is C21H24FN3O4S. The fourth-order valence-corrected chi connectivity index (χ4v) is 3.97. The molecule has 0 aromatic heterocycles. The van der Waals surface area contributed by atoms with Crippen molar-refractivity contribution in [3.8, 4) is 0 Å². The van der Waals surface area contributed by atoms with E-state index < -0.39 is 46.4 Å². The molecule has 3 atom stereocenters. The summed E-state index contributed by atoms with van der Waals surface area (Å²) in [7, 11) is -1.36. The Hall–Kier alpha value is -3.07. The molecule has 7 nitrogen and oxygen atoms in total. The maximum absolute atomic E-state index is 13.4. The molecule has 0 fully saturated rings. The van der Waals surface area contributed by atoms with E-state index in [4.69, 9.17) is 5.73 Å². The lowest BCUT2D eigenvalue weighted by molar-refractivity contribution is -0.130. The molecule has 160 valence electrons. The van der Waals surface area contributed by atoms with Crippen LogP contribution in [0.2, 0.25) is 0 Å². The van der Waals surface area contributed by atoms with E-state index in [1.807, 2.05) is 0 Å². The number of carbonyl (C=O) groups is 3. The highest BCUT2D eigenvalue weighted by Crippen LogP contribution is 2.10. The highest BCUT2D eigenvalue weighted by atomic mass is 32.2. The Morgan fingerprint density at radius 1 is 1.03 bits per heavy atom. The molecule has 0 radical (unpaired) electrons. The molecule has 0 bridgehead atoms. The Morgan fingerprint density at radius 3 is 2.33 bits per heavy atom. The van der Waals surface area contributed by atoms with Gasteiger partial charge in [-0.05, 0) is 36.2 Å². The van der Waals surface area contributed by atoms with Gasteiger partial charge in [0.25, 0.3) is 0 Å². The molecule has 2 aromatic rings. The minimum Gasteiger partial charge on any atom is -0.368 e. The van der Waals surface area contributed by atoms with E-state index in [1.165, 1.54) is 25.1 Å². The number of amides is 3. The predicted octanol–water partition coefficient (Wildman–Crippen LogP) is 1.04. The van der Waals surface area contributed by atoms with Gasteiger partial charge in [0, 0.05) is 24.0 Å². The first-order valence-electron chi connectivity index (χ1n) is 9.31. The molecule has 4 N–H and O–H groups in total. The maximum Gasteiger partial charge on any atom is 0.243 e. The molecule has 2 rings (SSSR count). The number of benzene rings is 2. The number of hydrogen-bond donors (Lipinski definition) is 3. The zero-order chi connectivity index (χ0) is 22.1. The third kappa shape index (κ3) is 7.40. The monoisotopic (exact) mass is 433 g/mol. The van der Waals surface area contributed by atoms with Gasteiger partial charge in [-0.15, -0.1) is 0 Å². The molecule has 0 unspecified atom stereocenters. The largest absolute Gasteiger partial charge is 0.368 e. The molecular weight excluding hydrogens is 409 g/mol. The lowest BCUT2D eigenvalue weighted by Gasteiger charge is -2.21. The summed E-state index contributed by atoms with van der Waals surface area (Å²) in [6.07, 6.45) is 0.0972. The summed E-state index contributed by atoms with van der Waals surface area (Å²) in [6.45, 7) is 1.25. The molecule has 0 aliphatic carbocycles. The Balaban J connectivity index is 2.04. The quantitative estimate of drug-likeness (QED) is 0.519. The lowest BCUT2D eigenvalue weighted by Crippen LogP contribution is -2.53. The summed E-state index contributed by atoms with van der Waals surface area (Å²) in [6, 6.07) is 12.3. The van der Waals surface area contributed by atoms with Crippen LogP contribution in [0.5, 0.6) is 0 Å². The minimum atomic E-state index is -1.36. The average Bonchev–Trinajstić information content (AvgIpc) is 2.70. The van der Waals surface area contributed by atoms with Crippen LogP contribution in [0.15, 0.2) is 59.5 Å². The summed E-state index contributed by atoms with van der Waals surface area (Å²) < 4.78 is 25.8. The second kappa shape index (κ2) is 11.2. The Bertz CT molecular complexity index is 923. The lowest BCUT2D eigenvalue weighted by atomic mass is 10.0. The van der Waals surface area contributed by atoms with Gasteiger partial charge in [-0.25, -0.2) is 4.39 Å². The van der Waals surface area contributed by atoms with Crippen LogP contribution in [0.25, 0.3) is 0 Å². The molecule has 0 aliphatic rings. The van der Waals surface area contributed by atoms with Gasteiger partial charge in [0.2, 0.25) is 17.7 Å². The fourth-order valence-electron chi connectivity index (χ4n) is 2.83. The first-order valence-corrected chi connectivity index (χ1v) is 10.6. The summed E-state index contributed by atoms with van der Waals surface area (Å²) in [5, 5.41) is 5.00. The third-order valence-electron chi connectivity index (χ3n) is 4.28. The van der Waals surface area contributed by atoms with E-state index in [0.29, 0.717) is 10.5 Å². The smallest absolute Gasteiger partial charge is 0.243 e. The predicted molar refractivity (Wildman–Crippen MR) is 111 cm³/mol. The topological polar surface area (TPSA) is 118 Å². The molecule has 2 aromatic carbocycles.